The third-order valence-electron chi connectivity index (χ3n) is 3.46. The number of rotatable bonds is 4. The molecule has 0 spiro atoms. The molecule has 4 nitrogen and oxygen atoms in total. The zero-order valence-electron chi connectivity index (χ0n) is 12.3. The van der Waals surface area contributed by atoms with Crippen molar-refractivity contribution in [3.63, 3.8) is 0 Å². The van der Waals surface area contributed by atoms with Gasteiger partial charge in [-0.2, -0.15) is 0 Å². The summed E-state index contributed by atoms with van der Waals surface area (Å²) in [4.78, 5) is 16.2. The lowest BCUT2D eigenvalue weighted by molar-refractivity contribution is 0.398. The second kappa shape index (κ2) is 6.26. The molecular formula is C18H16N2O2. The van der Waals surface area contributed by atoms with E-state index in [1.807, 2.05) is 54.7 Å². The molecule has 22 heavy (non-hydrogen) atoms. The number of ether oxygens (including phenoxy) is 1. The van der Waals surface area contributed by atoms with Crippen LogP contribution < -0.4 is 10.3 Å². The Morgan fingerprint density at radius 1 is 1.00 bits per heavy atom. The number of aromatic nitrogens is 2. The molecule has 0 atom stereocenters. The predicted molar refractivity (Wildman–Crippen MR) is 86.0 cm³/mol. The molecule has 3 aromatic rings. The Kier molecular flexibility index (Phi) is 4.01. The van der Waals surface area contributed by atoms with Crippen LogP contribution in [-0.2, 0) is 6.54 Å². The van der Waals surface area contributed by atoms with E-state index >= 15 is 0 Å². The molecule has 0 aliphatic rings. The average Bonchev–Trinajstić information content (AvgIpc) is 2.58. The molecular weight excluding hydrogens is 276 g/mol. The maximum absolute atomic E-state index is 12.0. The predicted octanol–water partition coefficient (Wildman–Crippen LogP) is 2.97. The molecule has 1 aromatic carbocycles. The monoisotopic (exact) mass is 292 g/mol. The highest BCUT2D eigenvalue weighted by Crippen LogP contribution is 2.19. The minimum absolute atomic E-state index is 0.0194. The van der Waals surface area contributed by atoms with Crippen molar-refractivity contribution >= 4 is 0 Å². The molecule has 2 aromatic heterocycles. The zero-order chi connectivity index (χ0) is 15.4. The van der Waals surface area contributed by atoms with Gasteiger partial charge >= 0.3 is 0 Å². The Bertz CT molecular complexity index is 808. The van der Waals surface area contributed by atoms with Crippen molar-refractivity contribution in [2.24, 2.45) is 0 Å². The molecule has 0 amide bonds. The van der Waals surface area contributed by atoms with E-state index in [0.717, 1.165) is 16.7 Å². The Hall–Kier alpha value is -2.88. The first-order valence-electron chi connectivity index (χ1n) is 7.01. The van der Waals surface area contributed by atoms with E-state index < -0.39 is 0 Å². The van der Waals surface area contributed by atoms with Crippen molar-refractivity contribution in [1.29, 1.82) is 0 Å². The lowest BCUT2D eigenvalue weighted by atomic mass is 10.1. The van der Waals surface area contributed by atoms with Crippen LogP contribution in [0.15, 0.2) is 71.8 Å². The third-order valence-corrected chi connectivity index (χ3v) is 3.46. The van der Waals surface area contributed by atoms with Gasteiger partial charge in [0.05, 0.1) is 13.7 Å². The van der Waals surface area contributed by atoms with Crippen LogP contribution >= 0.6 is 0 Å². The van der Waals surface area contributed by atoms with Crippen LogP contribution in [0.1, 0.15) is 5.56 Å². The van der Waals surface area contributed by atoms with Gasteiger partial charge in [0.1, 0.15) is 0 Å². The van der Waals surface area contributed by atoms with Crippen molar-refractivity contribution < 1.29 is 4.74 Å². The maximum atomic E-state index is 12.0. The molecule has 0 bridgehead atoms. The molecule has 3 rings (SSSR count). The lowest BCUT2D eigenvalue weighted by Crippen LogP contribution is -2.19. The second-order valence-corrected chi connectivity index (χ2v) is 4.96. The van der Waals surface area contributed by atoms with E-state index in [9.17, 15) is 4.79 Å². The van der Waals surface area contributed by atoms with Crippen LogP contribution in [0.2, 0.25) is 0 Å². The Morgan fingerprint density at radius 2 is 1.77 bits per heavy atom. The average molecular weight is 292 g/mol. The first-order valence-corrected chi connectivity index (χ1v) is 7.01. The summed E-state index contributed by atoms with van der Waals surface area (Å²) in [6.45, 7) is 0.553. The van der Waals surface area contributed by atoms with Gasteiger partial charge in [0.25, 0.3) is 5.56 Å². The Balaban J connectivity index is 1.93. The molecule has 0 unspecified atom stereocenters. The van der Waals surface area contributed by atoms with Gasteiger partial charge < -0.3 is 9.30 Å². The minimum Gasteiger partial charge on any atom is -0.481 e. The van der Waals surface area contributed by atoms with E-state index in [4.69, 9.17) is 4.74 Å². The summed E-state index contributed by atoms with van der Waals surface area (Å²) in [6, 6.07) is 17.1. The normalized spacial score (nSPS) is 10.4. The fraction of sp³-hybridized carbons (Fsp3) is 0.111. The summed E-state index contributed by atoms with van der Waals surface area (Å²) >= 11 is 0. The highest BCUT2D eigenvalue weighted by molar-refractivity contribution is 5.61. The standard InChI is InChI=1S/C18H16N2O2/c1-22-17-9-7-15(11-19-17)16-8-10-18(21)20(13-16)12-14-5-3-2-4-6-14/h2-11,13H,12H2,1H3. The van der Waals surface area contributed by atoms with E-state index in [-0.39, 0.29) is 5.56 Å². The van der Waals surface area contributed by atoms with E-state index in [1.54, 1.807) is 23.9 Å². The smallest absolute Gasteiger partial charge is 0.250 e. The van der Waals surface area contributed by atoms with Crippen LogP contribution in [0.5, 0.6) is 5.88 Å². The maximum Gasteiger partial charge on any atom is 0.250 e. The fourth-order valence-corrected chi connectivity index (χ4v) is 2.28. The highest BCUT2D eigenvalue weighted by atomic mass is 16.5. The van der Waals surface area contributed by atoms with E-state index in [0.29, 0.717) is 12.4 Å². The fourth-order valence-electron chi connectivity index (χ4n) is 2.28. The number of methoxy groups -OCH3 is 1. The molecule has 4 heteroatoms. The topological polar surface area (TPSA) is 44.1 Å². The Labute approximate surface area is 128 Å². The second-order valence-electron chi connectivity index (χ2n) is 4.96. The number of hydrogen-bond donors (Lipinski definition) is 0. The van der Waals surface area contributed by atoms with Gasteiger partial charge in [-0.3, -0.25) is 4.79 Å². The van der Waals surface area contributed by atoms with Crippen LogP contribution in [-0.4, -0.2) is 16.7 Å². The van der Waals surface area contributed by atoms with Gasteiger partial charge in [-0.15, -0.1) is 0 Å². The molecule has 0 N–H and O–H groups in total. The molecule has 0 saturated carbocycles. The number of pyridine rings is 2. The summed E-state index contributed by atoms with van der Waals surface area (Å²) in [5.74, 6) is 0.571. The van der Waals surface area contributed by atoms with Gasteiger partial charge in [0.2, 0.25) is 5.88 Å². The summed E-state index contributed by atoms with van der Waals surface area (Å²) in [5, 5.41) is 0. The third kappa shape index (κ3) is 3.06. The summed E-state index contributed by atoms with van der Waals surface area (Å²) in [7, 11) is 1.59. The van der Waals surface area contributed by atoms with Gasteiger partial charge in [-0.25, -0.2) is 4.98 Å². The SMILES string of the molecule is COc1ccc(-c2ccc(=O)n(Cc3ccccc3)c2)cn1. The molecule has 0 aliphatic heterocycles. The summed E-state index contributed by atoms with van der Waals surface area (Å²) in [6.07, 6.45) is 3.60. The van der Waals surface area contributed by atoms with Gasteiger partial charge in [0.15, 0.2) is 0 Å². The lowest BCUT2D eigenvalue weighted by Gasteiger charge is -2.09. The first-order chi connectivity index (χ1) is 10.8. The number of nitrogens with zero attached hydrogens (tertiary/aromatic N) is 2. The Morgan fingerprint density at radius 3 is 2.45 bits per heavy atom. The van der Waals surface area contributed by atoms with Crippen molar-refractivity contribution in [2.45, 2.75) is 6.54 Å². The minimum atomic E-state index is -0.0194. The molecule has 0 radical (unpaired) electrons. The first kappa shape index (κ1) is 14.1. The number of benzene rings is 1. The van der Waals surface area contributed by atoms with Crippen LogP contribution in [0, 0.1) is 0 Å². The largest absolute Gasteiger partial charge is 0.481 e. The van der Waals surface area contributed by atoms with Gasteiger partial charge in [0, 0.05) is 30.1 Å². The van der Waals surface area contributed by atoms with Crippen molar-refractivity contribution in [3.05, 3.63) is 82.9 Å². The van der Waals surface area contributed by atoms with Crippen molar-refractivity contribution in [1.82, 2.24) is 9.55 Å². The highest BCUT2D eigenvalue weighted by Gasteiger charge is 2.03. The van der Waals surface area contributed by atoms with Crippen LogP contribution in [0.25, 0.3) is 11.1 Å². The van der Waals surface area contributed by atoms with Crippen LogP contribution in [0.3, 0.4) is 0 Å². The van der Waals surface area contributed by atoms with Crippen molar-refractivity contribution in [3.8, 4) is 17.0 Å². The number of hydrogen-bond acceptors (Lipinski definition) is 3. The van der Waals surface area contributed by atoms with E-state index in [2.05, 4.69) is 4.98 Å². The van der Waals surface area contributed by atoms with Crippen LogP contribution in [0.4, 0.5) is 0 Å². The zero-order valence-corrected chi connectivity index (χ0v) is 12.3. The summed E-state index contributed by atoms with van der Waals surface area (Å²) in [5.41, 5.74) is 2.97. The quantitative estimate of drug-likeness (QED) is 0.742. The summed E-state index contributed by atoms with van der Waals surface area (Å²) < 4.78 is 6.76. The molecule has 2 heterocycles. The van der Waals surface area contributed by atoms with Crippen molar-refractivity contribution in [2.75, 3.05) is 7.11 Å². The molecule has 0 aliphatic carbocycles. The van der Waals surface area contributed by atoms with Gasteiger partial charge in [-0.1, -0.05) is 30.3 Å². The molecule has 110 valence electrons. The van der Waals surface area contributed by atoms with Gasteiger partial charge in [-0.05, 0) is 23.3 Å². The molecule has 0 saturated heterocycles. The van der Waals surface area contributed by atoms with E-state index in [1.165, 1.54) is 0 Å². The molecule has 0 fully saturated rings.